The number of unbranched alkanes of at least 4 members (excludes halogenated alkanes) is 2. The van der Waals surface area contributed by atoms with Gasteiger partial charge in [-0.1, -0.05) is 99.1 Å². The molecule has 0 spiro atoms. The second kappa shape index (κ2) is 32.4. The first-order chi connectivity index (χ1) is 49.4. The van der Waals surface area contributed by atoms with Gasteiger partial charge < -0.3 is 59.6 Å². The number of hydrogen-bond donors (Lipinski definition) is 5. The number of imide groups is 1. The third-order valence-electron chi connectivity index (χ3n) is 19.1. The smallest absolute Gasteiger partial charge is 0.416 e. The molecule has 5 aliphatic rings. The predicted molar refractivity (Wildman–Crippen MR) is 385 cm³/mol. The SMILES string of the molecule is CNS(=O)(=O)c1ccc(C2=CCN3C(=O)c4cc(OC)c(OCc5cccc(CC(=O)N6C[C@@H](CCl)c7c6cc(OC(=O)N6CCN(C)CC6)c6ccccc76)c5)cc4N(C(=O)OCc4ccc(NC(=O)[C@H](C)NC(=O)[C@@H](NC(=O)CCCCCN5C(=O)C=CC5=O)C(C)C)cc4)[C@@H](O)[C@@H]3C2)cc1. The van der Waals surface area contributed by atoms with Crippen molar-refractivity contribution in [3.63, 3.8) is 0 Å². The molecule has 6 aromatic carbocycles. The van der Waals surface area contributed by atoms with Gasteiger partial charge in [0.2, 0.25) is 33.7 Å². The first kappa shape index (κ1) is 74.0. The van der Waals surface area contributed by atoms with E-state index in [-0.39, 0.29) is 115 Å². The minimum Gasteiger partial charge on any atom is -0.493 e. The molecule has 5 N–H and O–H groups in total. The van der Waals surface area contributed by atoms with E-state index < -0.39 is 64.3 Å². The largest absolute Gasteiger partial charge is 0.493 e. The lowest BCUT2D eigenvalue weighted by atomic mass is 9.93. The lowest BCUT2D eigenvalue weighted by molar-refractivity contribution is -0.137. The van der Waals surface area contributed by atoms with Crippen LogP contribution < -0.4 is 44.7 Å². The van der Waals surface area contributed by atoms with Gasteiger partial charge in [-0.3, -0.25) is 38.5 Å². The molecule has 542 valence electrons. The molecule has 9 amide bonds. The van der Waals surface area contributed by atoms with Crippen molar-refractivity contribution in [1.82, 2.24) is 35.0 Å². The Kier molecular flexibility index (Phi) is 23.3. The number of carbonyl (C=O) groups excluding carboxylic acids is 9. The molecule has 0 aromatic heterocycles. The Morgan fingerprint density at radius 3 is 2.12 bits per heavy atom. The number of benzene rings is 6. The zero-order valence-electron chi connectivity index (χ0n) is 58.0. The number of alkyl halides is 1. The van der Waals surface area contributed by atoms with Gasteiger partial charge in [0.1, 0.15) is 31.0 Å². The highest BCUT2D eigenvalue weighted by Gasteiger charge is 2.45. The van der Waals surface area contributed by atoms with Gasteiger partial charge in [-0.15, -0.1) is 11.6 Å². The summed E-state index contributed by atoms with van der Waals surface area (Å²) in [6.45, 7) is 7.57. The lowest BCUT2D eigenvalue weighted by Gasteiger charge is -2.38. The number of amides is 9. The Balaban J connectivity index is 0.774. The Hall–Kier alpha value is -10.2. The number of piperazine rings is 1. The monoisotopic (exact) mass is 1450 g/mol. The van der Waals surface area contributed by atoms with Crippen LogP contribution >= 0.6 is 11.6 Å². The van der Waals surface area contributed by atoms with Gasteiger partial charge in [-0.2, -0.15) is 0 Å². The van der Waals surface area contributed by atoms with Gasteiger partial charge in [-0.25, -0.2) is 27.6 Å². The Morgan fingerprint density at radius 2 is 1.43 bits per heavy atom. The van der Waals surface area contributed by atoms with Crippen molar-refractivity contribution in [2.24, 2.45) is 5.92 Å². The first-order valence-corrected chi connectivity index (χ1v) is 36.2. The summed E-state index contributed by atoms with van der Waals surface area (Å²) in [5.41, 5.74) is 4.79. The fourth-order valence-electron chi connectivity index (χ4n) is 13.3. The summed E-state index contributed by atoms with van der Waals surface area (Å²) in [6.07, 6.45) is 2.62. The number of nitrogens with one attached hydrogen (secondary N) is 4. The quantitative estimate of drug-likeness (QED) is 0.0207. The molecule has 28 heteroatoms. The zero-order valence-corrected chi connectivity index (χ0v) is 59.6. The van der Waals surface area contributed by atoms with E-state index in [4.69, 9.17) is 30.5 Å². The number of nitrogens with zero attached hydrogens (tertiary/aromatic N) is 6. The summed E-state index contributed by atoms with van der Waals surface area (Å²) < 4.78 is 52.0. The van der Waals surface area contributed by atoms with Crippen LogP contribution in [-0.4, -0.2) is 184 Å². The van der Waals surface area contributed by atoms with Crippen LogP contribution in [0.15, 0.2) is 138 Å². The molecule has 103 heavy (non-hydrogen) atoms. The Labute approximate surface area is 601 Å². The summed E-state index contributed by atoms with van der Waals surface area (Å²) >= 11 is 6.63. The maximum absolute atomic E-state index is 14.9. The third kappa shape index (κ3) is 16.8. The molecule has 5 heterocycles. The van der Waals surface area contributed by atoms with Crippen LogP contribution in [-0.2, 0) is 63.2 Å². The van der Waals surface area contributed by atoms with E-state index in [9.17, 15) is 56.7 Å². The molecule has 0 unspecified atom stereocenters. The normalized spacial score (nSPS) is 18.0. The number of hydrogen-bond acceptors (Lipinski definition) is 17. The van der Waals surface area contributed by atoms with Crippen LogP contribution in [0, 0.1) is 5.92 Å². The number of aliphatic hydroxyl groups excluding tert-OH is 1. The van der Waals surface area contributed by atoms with Crippen LogP contribution in [0.25, 0.3) is 16.3 Å². The van der Waals surface area contributed by atoms with Crippen molar-refractivity contribution in [2.75, 3.05) is 88.0 Å². The van der Waals surface area contributed by atoms with Crippen LogP contribution in [0.1, 0.15) is 97.0 Å². The highest BCUT2D eigenvalue weighted by molar-refractivity contribution is 7.89. The number of methoxy groups -OCH3 is 1. The maximum Gasteiger partial charge on any atom is 0.416 e. The van der Waals surface area contributed by atoms with Crippen molar-refractivity contribution < 1.29 is 75.6 Å². The average Bonchev–Trinajstić information content (AvgIpc) is 1.63. The molecule has 5 aliphatic heterocycles. The molecule has 26 nitrogen and oxygen atoms in total. The Bertz CT molecular complexity index is 4430. The van der Waals surface area contributed by atoms with E-state index in [1.54, 1.807) is 78.3 Å². The van der Waals surface area contributed by atoms with Gasteiger partial charge in [0.05, 0.1) is 41.4 Å². The van der Waals surface area contributed by atoms with E-state index in [1.165, 1.54) is 62.4 Å². The summed E-state index contributed by atoms with van der Waals surface area (Å²) in [5.74, 6) is -2.77. The molecular formula is C75H83ClN10O16S. The minimum absolute atomic E-state index is 0.0155. The standard InChI is InChI=1S/C75H83ClN10O16S/c1-45(2)69(80-64(87)17-8-7-11-29-84-65(88)26-27-66(84)89)71(92)78-46(3)70(91)79-53-22-18-47(19-23-53)43-101-75(96)86-58-39-63(62(99-6)38-57(58)72(93)83-30-28-51(37-60(83)73(86)94)50-20-24-54(25-21-50)103(97,98)77-4)100-44-49-14-12-13-48(35-49)36-67(90)85-42-52(41-76)68-56-16-10-9-15-55(56)61(40-59(68)85)102-74(95)82-33-31-81(5)32-34-82/h9-10,12-16,18-28,35,38-40,45-46,52,60,69,73,77,94H,7-8,11,17,29-34,36-37,41-44H2,1-6H3,(H,78,92)(H,79,91)(H,80,87)/t46-,52+,60-,69-,73-/m0/s1. The fourth-order valence-corrected chi connectivity index (χ4v) is 14.3. The molecule has 6 aromatic rings. The molecule has 1 fully saturated rings. The maximum atomic E-state index is 14.9. The number of halogens is 1. The number of rotatable bonds is 25. The van der Waals surface area contributed by atoms with Gasteiger partial charge in [0, 0.05) is 99.4 Å². The fraction of sp³-hybridized carbons (Fsp3) is 0.373. The van der Waals surface area contributed by atoms with Crippen molar-refractivity contribution in [2.45, 2.75) is 108 Å². The van der Waals surface area contributed by atoms with Crippen LogP contribution in [0.3, 0.4) is 0 Å². The van der Waals surface area contributed by atoms with Crippen LogP contribution in [0.4, 0.5) is 26.7 Å². The molecular weight excluding hydrogens is 1360 g/mol. The van der Waals surface area contributed by atoms with E-state index in [0.717, 1.165) is 26.1 Å². The number of aliphatic hydroxyl groups is 1. The summed E-state index contributed by atoms with van der Waals surface area (Å²) in [6, 6.07) is 28.9. The number of carbonyl (C=O) groups is 9. The van der Waals surface area contributed by atoms with Crippen molar-refractivity contribution >= 4 is 109 Å². The molecule has 0 radical (unpaired) electrons. The first-order valence-electron chi connectivity index (χ1n) is 34.1. The van der Waals surface area contributed by atoms with Gasteiger partial charge in [0.15, 0.2) is 17.7 Å². The minimum atomic E-state index is -3.77. The van der Waals surface area contributed by atoms with E-state index in [1.807, 2.05) is 49.5 Å². The highest BCUT2D eigenvalue weighted by atomic mass is 35.5. The molecule has 5 atom stereocenters. The van der Waals surface area contributed by atoms with Crippen molar-refractivity contribution in [3.05, 3.63) is 167 Å². The number of sulfonamides is 1. The van der Waals surface area contributed by atoms with Crippen molar-refractivity contribution in [3.8, 4) is 17.2 Å². The van der Waals surface area contributed by atoms with E-state index >= 15 is 0 Å². The summed E-state index contributed by atoms with van der Waals surface area (Å²) in [5, 5.41) is 22.4. The van der Waals surface area contributed by atoms with Gasteiger partial charge in [0.25, 0.3) is 17.7 Å². The number of ether oxygens (including phenoxy) is 4. The molecule has 1 saturated heterocycles. The topological polar surface area (TPSA) is 312 Å². The lowest BCUT2D eigenvalue weighted by Crippen LogP contribution is -2.54. The second-order valence-corrected chi connectivity index (χ2v) is 28.6. The average molecular weight is 1450 g/mol. The molecule has 0 saturated carbocycles. The predicted octanol–water partition coefficient (Wildman–Crippen LogP) is 7.84. The van der Waals surface area contributed by atoms with Gasteiger partial charge >= 0.3 is 12.2 Å². The highest BCUT2D eigenvalue weighted by Crippen LogP contribution is 2.47. The summed E-state index contributed by atoms with van der Waals surface area (Å²) in [4.78, 5) is 131. The van der Waals surface area contributed by atoms with Crippen LogP contribution in [0.5, 0.6) is 17.2 Å². The second-order valence-electron chi connectivity index (χ2n) is 26.4. The molecule has 0 bridgehead atoms. The number of fused-ring (bicyclic) bond motifs is 5. The number of likely N-dealkylation sites (N-methyl/N-ethyl adjacent to an activating group) is 1. The van der Waals surface area contributed by atoms with Crippen LogP contribution in [0.2, 0.25) is 0 Å². The summed E-state index contributed by atoms with van der Waals surface area (Å²) in [7, 11) is 0.932. The van der Waals surface area contributed by atoms with Gasteiger partial charge in [-0.05, 0) is 115 Å². The zero-order chi connectivity index (χ0) is 73.4. The molecule has 0 aliphatic carbocycles. The Morgan fingerprint density at radius 1 is 0.728 bits per heavy atom. The van der Waals surface area contributed by atoms with E-state index in [0.29, 0.717) is 96.9 Å². The molecule has 11 rings (SSSR count). The third-order valence-corrected chi connectivity index (χ3v) is 20.9. The van der Waals surface area contributed by atoms with E-state index in [2.05, 4.69) is 25.6 Å². The number of anilines is 3. The van der Waals surface area contributed by atoms with Crippen molar-refractivity contribution in [1.29, 1.82) is 0 Å².